The van der Waals surface area contributed by atoms with Crippen molar-refractivity contribution in [3.05, 3.63) is 63.8 Å². The summed E-state index contributed by atoms with van der Waals surface area (Å²) in [6.07, 6.45) is 0. The Kier molecular flexibility index (Phi) is 3.55. The van der Waals surface area contributed by atoms with Crippen LogP contribution >= 0.6 is 15.9 Å². The van der Waals surface area contributed by atoms with E-state index in [4.69, 9.17) is 4.42 Å². The van der Waals surface area contributed by atoms with Gasteiger partial charge in [0.15, 0.2) is 5.76 Å². The number of furan rings is 1. The average Bonchev–Trinajstić information content (AvgIpc) is 2.79. The Bertz CT molecular complexity index is 836. The van der Waals surface area contributed by atoms with Gasteiger partial charge in [-0.05, 0) is 43.7 Å². The van der Waals surface area contributed by atoms with Crippen molar-refractivity contribution in [1.29, 1.82) is 0 Å². The van der Waals surface area contributed by atoms with Gasteiger partial charge in [-0.15, -0.1) is 0 Å². The number of amides is 1. The molecule has 0 aliphatic rings. The fourth-order valence-corrected chi connectivity index (χ4v) is 2.66. The van der Waals surface area contributed by atoms with E-state index in [0.717, 1.165) is 26.7 Å². The monoisotopic (exact) mass is 343 g/mol. The SMILES string of the molecule is Cc1ccccc1NC(=O)c1oc2ccc(Br)cc2c1C. The zero-order valence-electron chi connectivity index (χ0n) is 11.7. The minimum absolute atomic E-state index is 0.228. The summed E-state index contributed by atoms with van der Waals surface area (Å²) in [5.41, 5.74) is 3.37. The third kappa shape index (κ3) is 2.59. The highest BCUT2D eigenvalue weighted by Crippen LogP contribution is 2.28. The highest BCUT2D eigenvalue weighted by Gasteiger charge is 2.18. The molecule has 3 aromatic rings. The van der Waals surface area contributed by atoms with Crippen LogP contribution in [0.1, 0.15) is 21.7 Å². The summed E-state index contributed by atoms with van der Waals surface area (Å²) in [6, 6.07) is 13.4. The molecule has 4 heteroatoms. The molecule has 0 spiro atoms. The van der Waals surface area contributed by atoms with Gasteiger partial charge in [-0.2, -0.15) is 0 Å². The number of hydrogen-bond donors (Lipinski definition) is 1. The Labute approximate surface area is 131 Å². The first kappa shape index (κ1) is 13.9. The molecule has 0 saturated heterocycles. The number of fused-ring (bicyclic) bond motifs is 1. The zero-order valence-corrected chi connectivity index (χ0v) is 13.3. The minimum atomic E-state index is -0.228. The van der Waals surface area contributed by atoms with Crippen LogP contribution in [0, 0.1) is 13.8 Å². The van der Waals surface area contributed by atoms with Crippen molar-refractivity contribution in [2.75, 3.05) is 5.32 Å². The Hall–Kier alpha value is -2.07. The van der Waals surface area contributed by atoms with E-state index in [1.807, 2.05) is 56.3 Å². The number of nitrogens with one attached hydrogen (secondary N) is 1. The van der Waals surface area contributed by atoms with E-state index in [0.29, 0.717) is 11.3 Å². The summed E-state index contributed by atoms with van der Waals surface area (Å²) in [5, 5.41) is 3.84. The van der Waals surface area contributed by atoms with Crippen LogP contribution in [0.15, 0.2) is 51.4 Å². The summed E-state index contributed by atoms with van der Waals surface area (Å²) < 4.78 is 6.66. The lowest BCUT2D eigenvalue weighted by Gasteiger charge is -2.06. The van der Waals surface area contributed by atoms with Crippen molar-refractivity contribution in [2.45, 2.75) is 13.8 Å². The van der Waals surface area contributed by atoms with Crippen molar-refractivity contribution in [3.63, 3.8) is 0 Å². The van der Waals surface area contributed by atoms with Gasteiger partial charge in [-0.25, -0.2) is 0 Å². The minimum Gasteiger partial charge on any atom is -0.451 e. The second-order valence-electron chi connectivity index (χ2n) is 4.97. The molecule has 0 aliphatic carbocycles. The van der Waals surface area contributed by atoms with E-state index in [9.17, 15) is 4.79 Å². The van der Waals surface area contributed by atoms with Crippen LogP contribution in [0.4, 0.5) is 5.69 Å². The van der Waals surface area contributed by atoms with Crippen molar-refractivity contribution < 1.29 is 9.21 Å². The van der Waals surface area contributed by atoms with Crippen LogP contribution in [0.5, 0.6) is 0 Å². The molecular formula is C17H14BrNO2. The van der Waals surface area contributed by atoms with Gasteiger partial charge < -0.3 is 9.73 Å². The van der Waals surface area contributed by atoms with Crippen LogP contribution in [-0.4, -0.2) is 5.91 Å². The van der Waals surface area contributed by atoms with Gasteiger partial charge >= 0.3 is 0 Å². The Morgan fingerprint density at radius 2 is 1.90 bits per heavy atom. The van der Waals surface area contributed by atoms with Crippen LogP contribution in [-0.2, 0) is 0 Å². The number of rotatable bonds is 2. The third-order valence-electron chi connectivity index (χ3n) is 3.50. The standard InChI is InChI=1S/C17H14BrNO2/c1-10-5-3-4-6-14(10)19-17(20)16-11(2)13-9-12(18)7-8-15(13)21-16/h3-9H,1-2H3,(H,19,20). The lowest BCUT2D eigenvalue weighted by atomic mass is 10.1. The van der Waals surface area contributed by atoms with Crippen LogP contribution in [0.25, 0.3) is 11.0 Å². The van der Waals surface area contributed by atoms with Crippen molar-refractivity contribution in [1.82, 2.24) is 0 Å². The molecule has 0 atom stereocenters. The first-order valence-corrected chi connectivity index (χ1v) is 7.41. The van der Waals surface area contributed by atoms with Gasteiger partial charge in [0, 0.05) is 21.1 Å². The molecule has 106 valence electrons. The first-order chi connectivity index (χ1) is 10.1. The van der Waals surface area contributed by atoms with Crippen molar-refractivity contribution >= 4 is 38.5 Å². The largest absolute Gasteiger partial charge is 0.451 e. The summed E-state index contributed by atoms with van der Waals surface area (Å²) in [7, 11) is 0. The maximum Gasteiger partial charge on any atom is 0.291 e. The number of carbonyl (C=O) groups is 1. The zero-order chi connectivity index (χ0) is 15.0. The summed E-state index contributed by atoms with van der Waals surface area (Å²) in [4.78, 5) is 12.4. The highest BCUT2D eigenvalue weighted by molar-refractivity contribution is 9.10. The molecule has 1 aromatic heterocycles. The molecule has 0 aliphatic heterocycles. The highest BCUT2D eigenvalue weighted by atomic mass is 79.9. The summed E-state index contributed by atoms with van der Waals surface area (Å²) in [6.45, 7) is 3.85. The summed E-state index contributed by atoms with van der Waals surface area (Å²) >= 11 is 3.43. The smallest absolute Gasteiger partial charge is 0.291 e. The number of halogens is 1. The number of benzene rings is 2. The van der Waals surface area contributed by atoms with Gasteiger partial charge in [0.1, 0.15) is 5.58 Å². The molecule has 0 bridgehead atoms. The second-order valence-corrected chi connectivity index (χ2v) is 5.88. The lowest BCUT2D eigenvalue weighted by Crippen LogP contribution is -2.12. The molecule has 0 radical (unpaired) electrons. The quantitative estimate of drug-likeness (QED) is 0.706. The van der Waals surface area contributed by atoms with Gasteiger partial charge in [-0.3, -0.25) is 4.79 Å². The third-order valence-corrected chi connectivity index (χ3v) is 3.99. The van der Waals surface area contributed by atoms with E-state index in [-0.39, 0.29) is 5.91 Å². The average molecular weight is 344 g/mol. The Morgan fingerprint density at radius 1 is 1.14 bits per heavy atom. The van der Waals surface area contributed by atoms with Crippen LogP contribution in [0.3, 0.4) is 0 Å². The number of hydrogen-bond acceptors (Lipinski definition) is 2. The van der Waals surface area contributed by atoms with E-state index >= 15 is 0 Å². The van der Waals surface area contributed by atoms with E-state index in [1.165, 1.54) is 0 Å². The number of para-hydroxylation sites is 1. The van der Waals surface area contributed by atoms with E-state index in [2.05, 4.69) is 21.2 Å². The number of anilines is 1. The summed E-state index contributed by atoms with van der Waals surface area (Å²) in [5.74, 6) is 0.125. The molecule has 2 aromatic carbocycles. The predicted octanol–water partition coefficient (Wildman–Crippen LogP) is 5.06. The van der Waals surface area contributed by atoms with Crippen LogP contribution < -0.4 is 5.32 Å². The topological polar surface area (TPSA) is 42.2 Å². The number of aryl methyl sites for hydroxylation is 2. The molecule has 0 fully saturated rings. The molecule has 21 heavy (non-hydrogen) atoms. The number of carbonyl (C=O) groups excluding carboxylic acids is 1. The lowest BCUT2D eigenvalue weighted by molar-refractivity contribution is 0.0998. The van der Waals surface area contributed by atoms with Gasteiger partial charge in [0.25, 0.3) is 5.91 Å². The van der Waals surface area contributed by atoms with Gasteiger partial charge in [0.05, 0.1) is 0 Å². The molecule has 1 amide bonds. The molecular weight excluding hydrogens is 330 g/mol. The predicted molar refractivity (Wildman–Crippen MR) is 87.8 cm³/mol. The Balaban J connectivity index is 1.99. The molecule has 1 heterocycles. The van der Waals surface area contributed by atoms with Gasteiger partial charge in [-0.1, -0.05) is 34.1 Å². The van der Waals surface area contributed by atoms with Crippen molar-refractivity contribution in [3.8, 4) is 0 Å². The fraction of sp³-hybridized carbons (Fsp3) is 0.118. The normalized spacial score (nSPS) is 10.8. The molecule has 0 unspecified atom stereocenters. The van der Waals surface area contributed by atoms with Gasteiger partial charge in [0.2, 0.25) is 0 Å². The molecule has 3 rings (SSSR count). The first-order valence-electron chi connectivity index (χ1n) is 6.62. The maximum atomic E-state index is 12.4. The molecule has 1 N–H and O–H groups in total. The Morgan fingerprint density at radius 3 is 2.67 bits per heavy atom. The maximum absolute atomic E-state index is 12.4. The second kappa shape index (κ2) is 5.37. The van der Waals surface area contributed by atoms with E-state index in [1.54, 1.807) is 0 Å². The molecule has 3 nitrogen and oxygen atoms in total. The van der Waals surface area contributed by atoms with Crippen molar-refractivity contribution in [2.24, 2.45) is 0 Å². The molecule has 0 saturated carbocycles. The van der Waals surface area contributed by atoms with Crippen LogP contribution in [0.2, 0.25) is 0 Å². The fourth-order valence-electron chi connectivity index (χ4n) is 2.30. The van der Waals surface area contributed by atoms with E-state index < -0.39 is 0 Å².